The van der Waals surface area contributed by atoms with Crippen molar-refractivity contribution in [2.45, 2.75) is 38.9 Å². The van der Waals surface area contributed by atoms with E-state index in [2.05, 4.69) is 15.3 Å². The summed E-state index contributed by atoms with van der Waals surface area (Å²) in [5.41, 5.74) is 3.96. The zero-order valence-corrected chi connectivity index (χ0v) is 16.3. The molecule has 1 unspecified atom stereocenters. The molecule has 2 aromatic rings. The summed E-state index contributed by atoms with van der Waals surface area (Å²) < 4.78 is 11.1. The molecule has 0 spiro atoms. The zero-order valence-electron chi connectivity index (χ0n) is 15.5. The lowest BCUT2D eigenvalue weighted by Gasteiger charge is -2.21. The maximum Gasteiger partial charge on any atom is 0.230 e. The molecule has 0 saturated carbocycles. The fourth-order valence-corrected chi connectivity index (χ4v) is 3.38. The highest BCUT2D eigenvalue weighted by atomic mass is 32.2. The summed E-state index contributed by atoms with van der Waals surface area (Å²) >= 11 is 1.35. The average molecular weight is 373 g/mol. The summed E-state index contributed by atoms with van der Waals surface area (Å²) in [6.07, 6.45) is 0. The van der Waals surface area contributed by atoms with Gasteiger partial charge in [-0.05, 0) is 51.0 Å². The highest BCUT2D eigenvalue weighted by Gasteiger charge is 2.16. The number of aryl methyl sites for hydroxylation is 2. The molecule has 138 valence electrons. The van der Waals surface area contributed by atoms with Crippen LogP contribution in [0.3, 0.4) is 0 Å². The molecule has 1 N–H and O–H groups in total. The summed E-state index contributed by atoms with van der Waals surface area (Å²) in [4.78, 5) is 21.1. The van der Waals surface area contributed by atoms with Gasteiger partial charge in [-0.15, -0.1) is 0 Å². The monoisotopic (exact) mass is 373 g/mol. The van der Waals surface area contributed by atoms with Crippen molar-refractivity contribution < 1.29 is 14.3 Å². The quantitative estimate of drug-likeness (QED) is 0.641. The van der Waals surface area contributed by atoms with Gasteiger partial charge in [0.15, 0.2) is 16.7 Å². The summed E-state index contributed by atoms with van der Waals surface area (Å²) in [5.74, 6) is 1.69. The molecule has 6 nitrogen and oxygen atoms in total. The number of carbonyl (C=O) groups is 1. The van der Waals surface area contributed by atoms with Gasteiger partial charge in [0.1, 0.15) is 13.2 Å². The lowest BCUT2D eigenvalue weighted by atomic mass is 10.1. The van der Waals surface area contributed by atoms with Crippen LogP contribution in [-0.4, -0.2) is 34.8 Å². The molecule has 0 fully saturated rings. The van der Waals surface area contributed by atoms with Crippen LogP contribution in [0, 0.1) is 20.8 Å². The Balaban J connectivity index is 1.58. The normalized spacial score (nSPS) is 14.0. The largest absolute Gasteiger partial charge is 0.486 e. The lowest BCUT2D eigenvalue weighted by Crippen LogP contribution is -2.28. The maximum atomic E-state index is 12.3. The third-order valence-electron chi connectivity index (χ3n) is 4.39. The minimum absolute atomic E-state index is 0.0585. The first kappa shape index (κ1) is 18.5. The van der Waals surface area contributed by atoms with E-state index in [-0.39, 0.29) is 17.7 Å². The van der Waals surface area contributed by atoms with Crippen molar-refractivity contribution in [2.24, 2.45) is 0 Å². The van der Waals surface area contributed by atoms with E-state index in [4.69, 9.17) is 9.47 Å². The fraction of sp³-hybridized carbons (Fsp3) is 0.421. The van der Waals surface area contributed by atoms with E-state index in [0.29, 0.717) is 18.4 Å². The second-order valence-electron chi connectivity index (χ2n) is 6.28. The summed E-state index contributed by atoms with van der Waals surface area (Å²) in [7, 11) is 0. The van der Waals surface area contributed by atoms with Crippen LogP contribution < -0.4 is 14.8 Å². The van der Waals surface area contributed by atoms with Gasteiger partial charge < -0.3 is 14.8 Å². The van der Waals surface area contributed by atoms with Gasteiger partial charge in [0.25, 0.3) is 0 Å². The molecule has 0 saturated heterocycles. The molecule has 26 heavy (non-hydrogen) atoms. The third-order valence-corrected chi connectivity index (χ3v) is 5.24. The molecule has 1 aromatic heterocycles. The molecule has 1 aromatic carbocycles. The van der Waals surface area contributed by atoms with E-state index < -0.39 is 0 Å². The van der Waals surface area contributed by atoms with Crippen LogP contribution in [-0.2, 0) is 4.79 Å². The van der Waals surface area contributed by atoms with Crippen LogP contribution in [0.1, 0.15) is 35.5 Å². The number of hydrogen-bond donors (Lipinski definition) is 1. The molecule has 7 heteroatoms. The first-order valence-corrected chi connectivity index (χ1v) is 9.56. The summed E-state index contributed by atoms with van der Waals surface area (Å²) in [6.45, 7) is 8.97. The number of hydrogen-bond acceptors (Lipinski definition) is 6. The van der Waals surface area contributed by atoms with Crippen LogP contribution in [0.4, 0.5) is 0 Å². The van der Waals surface area contributed by atoms with E-state index in [1.165, 1.54) is 11.8 Å². The Labute approximate surface area is 157 Å². The van der Waals surface area contributed by atoms with Gasteiger partial charge in [-0.25, -0.2) is 9.97 Å². The van der Waals surface area contributed by atoms with Crippen molar-refractivity contribution >= 4 is 17.7 Å². The van der Waals surface area contributed by atoms with Gasteiger partial charge in [0, 0.05) is 11.4 Å². The van der Waals surface area contributed by atoms with Crippen LogP contribution >= 0.6 is 11.8 Å². The number of benzene rings is 1. The zero-order chi connectivity index (χ0) is 18.7. The van der Waals surface area contributed by atoms with Crippen LogP contribution in [0.2, 0.25) is 0 Å². The topological polar surface area (TPSA) is 73.3 Å². The Morgan fingerprint density at radius 1 is 1.15 bits per heavy atom. The average Bonchev–Trinajstić information content (AvgIpc) is 2.63. The van der Waals surface area contributed by atoms with Gasteiger partial charge in [-0.3, -0.25) is 4.79 Å². The minimum Gasteiger partial charge on any atom is -0.486 e. The second-order valence-corrected chi connectivity index (χ2v) is 7.23. The second kappa shape index (κ2) is 7.95. The Morgan fingerprint density at radius 2 is 1.81 bits per heavy atom. The molecule has 0 aliphatic carbocycles. The van der Waals surface area contributed by atoms with Gasteiger partial charge >= 0.3 is 0 Å². The van der Waals surface area contributed by atoms with E-state index in [1.807, 2.05) is 45.9 Å². The number of aromatic nitrogens is 2. The fourth-order valence-electron chi connectivity index (χ4n) is 2.63. The summed E-state index contributed by atoms with van der Waals surface area (Å²) in [6, 6.07) is 5.62. The molecular weight excluding hydrogens is 350 g/mol. The van der Waals surface area contributed by atoms with E-state index >= 15 is 0 Å². The van der Waals surface area contributed by atoms with Gasteiger partial charge in [-0.1, -0.05) is 17.8 Å². The molecule has 2 heterocycles. The van der Waals surface area contributed by atoms with Gasteiger partial charge in [0.05, 0.1) is 11.8 Å². The molecule has 1 aliphatic heterocycles. The van der Waals surface area contributed by atoms with Crippen molar-refractivity contribution in [3.05, 3.63) is 40.7 Å². The van der Waals surface area contributed by atoms with Crippen LogP contribution in [0.15, 0.2) is 23.4 Å². The minimum atomic E-state index is -0.124. The maximum absolute atomic E-state index is 12.3. The predicted octanol–water partition coefficient (Wildman–Crippen LogP) is 3.14. The molecule has 0 bridgehead atoms. The Kier molecular flexibility index (Phi) is 5.66. The molecule has 1 amide bonds. The van der Waals surface area contributed by atoms with Crippen molar-refractivity contribution in [3.8, 4) is 11.5 Å². The standard InChI is InChI=1S/C19H23N3O3S/c1-11-12(2)21-19(22-13(11)3)26-10-18(23)20-14(4)15-5-6-16-17(9-15)25-8-7-24-16/h5-6,9,14H,7-8,10H2,1-4H3,(H,20,23). The number of amides is 1. The SMILES string of the molecule is Cc1nc(SCC(=O)NC(C)c2ccc3c(c2)OCCO3)nc(C)c1C. The highest BCUT2D eigenvalue weighted by Crippen LogP contribution is 2.32. The van der Waals surface area contributed by atoms with Crippen molar-refractivity contribution in [2.75, 3.05) is 19.0 Å². The predicted molar refractivity (Wildman–Crippen MR) is 101 cm³/mol. The Bertz CT molecular complexity index is 803. The van der Waals surface area contributed by atoms with E-state index in [0.717, 1.165) is 34.0 Å². The smallest absolute Gasteiger partial charge is 0.230 e. The number of rotatable bonds is 5. The third kappa shape index (κ3) is 4.27. The van der Waals surface area contributed by atoms with Gasteiger partial charge in [0.2, 0.25) is 5.91 Å². The molecular formula is C19H23N3O3S. The number of nitrogens with one attached hydrogen (secondary N) is 1. The van der Waals surface area contributed by atoms with Crippen LogP contribution in [0.5, 0.6) is 11.5 Å². The molecule has 1 aliphatic rings. The lowest BCUT2D eigenvalue weighted by molar-refractivity contribution is -0.119. The number of fused-ring (bicyclic) bond motifs is 1. The summed E-state index contributed by atoms with van der Waals surface area (Å²) in [5, 5.41) is 3.63. The number of carbonyl (C=O) groups excluding carboxylic acids is 1. The Morgan fingerprint density at radius 3 is 2.50 bits per heavy atom. The number of ether oxygens (including phenoxy) is 2. The Hall–Kier alpha value is -2.28. The molecule has 3 rings (SSSR count). The molecule has 1 atom stereocenters. The highest BCUT2D eigenvalue weighted by molar-refractivity contribution is 7.99. The van der Waals surface area contributed by atoms with Crippen LogP contribution in [0.25, 0.3) is 0 Å². The first-order chi connectivity index (χ1) is 12.4. The molecule has 0 radical (unpaired) electrons. The van der Waals surface area contributed by atoms with Gasteiger partial charge in [-0.2, -0.15) is 0 Å². The van der Waals surface area contributed by atoms with Crippen molar-refractivity contribution in [1.29, 1.82) is 0 Å². The first-order valence-electron chi connectivity index (χ1n) is 8.57. The number of nitrogens with zero attached hydrogens (tertiary/aromatic N) is 2. The van der Waals surface area contributed by atoms with E-state index in [1.54, 1.807) is 0 Å². The van der Waals surface area contributed by atoms with Crippen molar-refractivity contribution in [1.82, 2.24) is 15.3 Å². The number of thioether (sulfide) groups is 1. The van der Waals surface area contributed by atoms with E-state index in [9.17, 15) is 4.79 Å². The van der Waals surface area contributed by atoms with Crippen molar-refractivity contribution in [3.63, 3.8) is 0 Å².